The number of sulfonamides is 1. The topological polar surface area (TPSA) is 96.0 Å². The largest absolute Gasteiger partial charge is 0.497 e. The summed E-state index contributed by atoms with van der Waals surface area (Å²) in [4.78, 5) is 28.8. The molecule has 1 atom stereocenters. The molecule has 3 rings (SSSR count). The minimum Gasteiger partial charge on any atom is -0.497 e. The first-order valence-corrected chi connectivity index (χ1v) is 15.6. The molecular formula is C28H38BrN3O5S. The lowest BCUT2D eigenvalue weighted by molar-refractivity contribution is -0.140. The number of amides is 2. The number of methoxy groups -OCH3 is 1. The summed E-state index contributed by atoms with van der Waals surface area (Å²) in [6, 6.07) is 11.8. The Balaban J connectivity index is 1.92. The molecular weight excluding hydrogens is 570 g/mol. The van der Waals surface area contributed by atoms with E-state index in [4.69, 9.17) is 4.74 Å². The van der Waals surface area contributed by atoms with Crippen molar-refractivity contribution in [3.05, 3.63) is 58.1 Å². The van der Waals surface area contributed by atoms with Crippen LogP contribution >= 0.6 is 15.9 Å². The molecule has 10 heteroatoms. The van der Waals surface area contributed by atoms with E-state index in [1.807, 2.05) is 26.0 Å². The zero-order valence-corrected chi connectivity index (χ0v) is 25.0. The Morgan fingerprint density at radius 1 is 1.11 bits per heavy atom. The summed E-state index contributed by atoms with van der Waals surface area (Å²) in [6.07, 6.45) is 6.66. The maximum absolute atomic E-state index is 13.9. The van der Waals surface area contributed by atoms with Crippen molar-refractivity contribution in [3.8, 4) is 5.75 Å². The first-order chi connectivity index (χ1) is 18.0. The summed E-state index contributed by atoms with van der Waals surface area (Å²) < 4.78 is 32.8. The lowest BCUT2D eigenvalue weighted by atomic mass is 9.95. The molecule has 1 fully saturated rings. The van der Waals surface area contributed by atoms with E-state index < -0.39 is 28.5 Å². The Morgan fingerprint density at radius 2 is 1.76 bits per heavy atom. The molecule has 0 aromatic heterocycles. The lowest BCUT2D eigenvalue weighted by Gasteiger charge is -2.34. The number of nitrogens with zero attached hydrogens (tertiary/aromatic N) is 2. The van der Waals surface area contributed by atoms with E-state index in [0.717, 1.165) is 51.8 Å². The predicted molar refractivity (Wildman–Crippen MR) is 154 cm³/mol. The maximum atomic E-state index is 13.9. The van der Waals surface area contributed by atoms with Crippen molar-refractivity contribution < 1.29 is 22.7 Å². The summed E-state index contributed by atoms with van der Waals surface area (Å²) >= 11 is 3.44. The molecule has 208 valence electrons. The van der Waals surface area contributed by atoms with Gasteiger partial charge in [0.1, 0.15) is 18.3 Å². The molecule has 1 N–H and O–H groups in total. The third-order valence-electron chi connectivity index (χ3n) is 6.96. The van der Waals surface area contributed by atoms with E-state index >= 15 is 0 Å². The number of halogens is 1. The Labute approximate surface area is 234 Å². The highest BCUT2D eigenvalue weighted by Crippen LogP contribution is 2.26. The van der Waals surface area contributed by atoms with Gasteiger partial charge in [-0.25, -0.2) is 8.42 Å². The third kappa shape index (κ3) is 7.96. The number of carbonyl (C=O) groups is 2. The molecule has 0 spiro atoms. The molecule has 1 saturated carbocycles. The number of carbonyl (C=O) groups excluding carboxylic acids is 2. The average molecular weight is 609 g/mol. The number of rotatable bonds is 11. The number of aryl methyl sites for hydroxylation is 1. The average Bonchev–Trinajstić information content (AvgIpc) is 2.89. The van der Waals surface area contributed by atoms with Crippen LogP contribution in [0.25, 0.3) is 0 Å². The Hall–Kier alpha value is -2.59. The highest BCUT2D eigenvalue weighted by molar-refractivity contribution is 9.10. The second kappa shape index (κ2) is 13.5. The molecule has 0 bridgehead atoms. The van der Waals surface area contributed by atoms with Gasteiger partial charge in [0.15, 0.2) is 0 Å². The highest BCUT2D eigenvalue weighted by Gasteiger charge is 2.33. The fourth-order valence-electron chi connectivity index (χ4n) is 4.79. The molecule has 0 aliphatic heterocycles. The molecule has 1 aliphatic rings. The molecule has 0 heterocycles. The van der Waals surface area contributed by atoms with Crippen molar-refractivity contribution in [2.75, 3.05) is 24.2 Å². The number of ether oxygens (including phenoxy) is 1. The molecule has 8 nitrogen and oxygen atoms in total. The minimum atomic E-state index is -3.78. The van der Waals surface area contributed by atoms with E-state index in [0.29, 0.717) is 17.9 Å². The molecule has 38 heavy (non-hydrogen) atoms. The molecule has 0 saturated heterocycles. The van der Waals surface area contributed by atoms with Gasteiger partial charge in [-0.3, -0.25) is 13.9 Å². The predicted octanol–water partition coefficient (Wildman–Crippen LogP) is 4.79. The van der Waals surface area contributed by atoms with Crippen LogP contribution in [0.4, 0.5) is 5.69 Å². The van der Waals surface area contributed by atoms with Crippen molar-refractivity contribution in [1.29, 1.82) is 0 Å². The van der Waals surface area contributed by atoms with E-state index in [9.17, 15) is 18.0 Å². The van der Waals surface area contributed by atoms with Crippen molar-refractivity contribution in [2.24, 2.45) is 0 Å². The smallest absolute Gasteiger partial charge is 0.244 e. The van der Waals surface area contributed by atoms with Crippen LogP contribution in [0.2, 0.25) is 0 Å². The fourth-order valence-corrected chi connectivity index (χ4v) is 5.88. The summed E-state index contributed by atoms with van der Waals surface area (Å²) in [5.41, 5.74) is 2.05. The van der Waals surface area contributed by atoms with Gasteiger partial charge in [0.05, 0.1) is 19.1 Å². The van der Waals surface area contributed by atoms with Crippen LogP contribution in [0, 0.1) is 6.92 Å². The SMILES string of the molecule is CC[C@@H](C(=O)NC1CCCCC1)N(Cc1ccc(OC)cc1)C(=O)CN(c1ccc(Br)c(C)c1)S(C)(=O)=O. The number of anilines is 1. The van der Waals surface area contributed by atoms with Gasteiger partial charge in [-0.1, -0.05) is 54.2 Å². The van der Waals surface area contributed by atoms with Crippen LogP contribution in [-0.2, 0) is 26.2 Å². The molecule has 1 aliphatic carbocycles. The van der Waals surface area contributed by atoms with Gasteiger partial charge in [-0.05, 0) is 67.6 Å². The van der Waals surface area contributed by atoms with Crippen molar-refractivity contribution in [1.82, 2.24) is 10.2 Å². The van der Waals surface area contributed by atoms with E-state index in [1.54, 1.807) is 37.4 Å². The standard InChI is InChI=1S/C28H38BrN3O5S/c1-5-26(28(34)30-22-9-7-6-8-10-22)31(18-21-11-14-24(37-3)15-12-21)27(33)19-32(38(4,35)36)23-13-16-25(29)20(2)17-23/h11-17,22,26H,5-10,18-19H2,1-4H3,(H,30,34)/t26-/m0/s1. The Kier molecular flexibility index (Phi) is 10.6. The zero-order valence-electron chi connectivity index (χ0n) is 22.6. The van der Waals surface area contributed by atoms with Crippen LogP contribution in [-0.4, -0.2) is 57.1 Å². The van der Waals surface area contributed by atoms with Gasteiger partial charge in [-0.15, -0.1) is 0 Å². The van der Waals surface area contributed by atoms with Gasteiger partial charge < -0.3 is 15.0 Å². The van der Waals surface area contributed by atoms with Crippen LogP contribution in [0.15, 0.2) is 46.9 Å². The molecule has 2 aromatic carbocycles. The molecule has 2 amide bonds. The van der Waals surface area contributed by atoms with Crippen LogP contribution in [0.5, 0.6) is 5.75 Å². The second-order valence-corrected chi connectivity index (χ2v) is 12.6. The first kappa shape index (κ1) is 30.0. The van der Waals surface area contributed by atoms with Crippen molar-refractivity contribution in [2.45, 2.75) is 71.0 Å². The van der Waals surface area contributed by atoms with Gasteiger partial charge in [0.2, 0.25) is 21.8 Å². The summed E-state index contributed by atoms with van der Waals surface area (Å²) in [5.74, 6) is 0.0340. The number of benzene rings is 2. The van der Waals surface area contributed by atoms with Gasteiger partial charge in [0, 0.05) is 17.1 Å². The van der Waals surface area contributed by atoms with Gasteiger partial charge in [-0.2, -0.15) is 0 Å². The zero-order chi connectivity index (χ0) is 27.9. The van der Waals surface area contributed by atoms with Crippen molar-refractivity contribution >= 4 is 43.5 Å². The van der Waals surface area contributed by atoms with E-state index in [-0.39, 0.29) is 18.5 Å². The maximum Gasteiger partial charge on any atom is 0.244 e. The van der Waals surface area contributed by atoms with Crippen LogP contribution < -0.4 is 14.4 Å². The van der Waals surface area contributed by atoms with E-state index in [1.165, 1.54) is 11.3 Å². The summed E-state index contributed by atoms with van der Waals surface area (Å²) in [6.45, 7) is 3.47. The molecule has 0 radical (unpaired) electrons. The van der Waals surface area contributed by atoms with E-state index in [2.05, 4.69) is 21.2 Å². The lowest BCUT2D eigenvalue weighted by Crippen LogP contribution is -2.53. The minimum absolute atomic E-state index is 0.0986. The van der Waals surface area contributed by atoms with Crippen LogP contribution in [0.3, 0.4) is 0 Å². The first-order valence-electron chi connectivity index (χ1n) is 13.0. The molecule has 0 unspecified atom stereocenters. The highest BCUT2D eigenvalue weighted by atomic mass is 79.9. The number of nitrogens with one attached hydrogen (secondary N) is 1. The number of hydrogen-bond donors (Lipinski definition) is 1. The van der Waals surface area contributed by atoms with Gasteiger partial charge in [0.25, 0.3) is 0 Å². The van der Waals surface area contributed by atoms with Gasteiger partial charge >= 0.3 is 0 Å². The summed E-state index contributed by atoms with van der Waals surface area (Å²) in [5, 5.41) is 3.15. The van der Waals surface area contributed by atoms with Crippen LogP contribution in [0.1, 0.15) is 56.6 Å². The Bertz CT molecular complexity index is 1210. The quantitative estimate of drug-likeness (QED) is 0.396. The number of hydrogen-bond acceptors (Lipinski definition) is 5. The second-order valence-electron chi connectivity index (χ2n) is 9.84. The van der Waals surface area contributed by atoms with Crippen molar-refractivity contribution in [3.63, 3.8) is 0 Å². The summed E-state index contributed by atoms with van der Waals surface area (Å²) in [7, 11) is -2.20. The monoisotopic (exact) mass is 607 g/mol. The fraction of sp³-hybridized carbons (Fsp3) is 0.500. The molecule has 2 aromatic rings. The Morgan fingerprint density at radius 3 is 2.32 bits per heavy atom. The normalized spacial score (nSPS) is 15.0. The third-order valence-corrected chi connectivity index (χ3v) is 8.99.